The van der Waals surface area contributed by atoms with Gasteiger partial charge in [0.15, 0.2) is 0 Å². The summed E-state index contributed by atoms with van der Waals surface area (Å²) in [6.07, 6.45) is 0. The van der Waals surface area contributed by atoms with Crippen LogP contribution in [0.2, 0.25) is 0 Å². The molecule has 0 saturated carbocycles. The average molecular weight is 806 g/mol. The van der Waals surface area contributed by atoms with Crippen LogP contribution < -0.4 is 4.90 Å². The smallest absolute Gasteiger partial charge is 0.0546 e. The third-order valence-corrected chi connectivity index (χ3v) is 14.3. The van der Waals surface area contributed by atoms with Crippen LogP contribution in [0.25, 0.3) is 77.2 Å². The molecule has 0 unspecified atom stereocenters. The molecule has 63 heavy (non-hydrogen) atoms. The summed E-state index contributed by atoms with van der Waals surface area (Å²) in [5.41, 5.74) is 21.5. The number of hydrogen-bond acceptors (Lipinski definition) is 1. The molecule has 0 saturated heterocycles. The third-order valence-electron chi connectivity index (χ3n) is 14.3. The number of benzene rings is 10. The summed E-state index contributed by atoms with van der Waals surface area (Å²) in [6.45, 7) is 9.44. The second kappa shape index (κ2) is 14.0. The van der Waals surface area contributed by atoms with Gasteiger partial charge in [0.25, 0.3) is 0 Å². The molecule has 10 aromatic rings. The normalized spacial score (nSPS) is 14.0. The maximum Gasteiger partial charge on any atom is 0.0546 e. The summed E-state index contributed by atoms with van der Waals surface area (Å²) in [7, 11) is 0. The number of hydrogen-bond donors (Lipinski definition) is 0. The lowest BCUT2D eigenvalue weighted by atomic mass is 9.82. The van der Waals surface area contributed by atoms with Crippen molar-refractivity contribution < 1.29 is 0 Å². The standard InChI is InChI=1S/C62H47N/c1-61(2)53-24-10-8-20-50(53)52-39-45(32-37-55(52)61)40-27-33-46(34-28-40)63(57-26-14-19-44-31-38-56-60(59(44)57)51-21-9-11-25-54(51)62(56,3)4)47-35-29-42(30-36-47)49-23-13-18-43-17-12-22-48(58(43)49)41-15-6-5-7-16-41/h5-39H,1-4H3. The Bertz CT molecular complexity index is 3420. The largest absolute Gasteiger partial charge is 0.310 e. The molecule has 0 bridgehead atoms. The molecule has 10 aromatic carbocycles. The van der Waals surface area contributed by atoms with Gasteiger partial charge in [-0.15, -0.1) is 0 Å². The molecule has 0 amide bonds. The van der Waals surface area contributed by atoms with Crippen LogP contribution in [0.3, 0.4) is 0 Å². The molecule has 0 N–H and O–H groups in total. The second-order valence-corrected chi connectivity index (χ2v) is 18.5. The van der Waals surface area contributed by atoms with Gasteiger partial charge in [-0.3, -0.25) is 0 Å². The fourth-order valence-corrected chi connectivity index (χ4v) is 11.1. The lowest BCUT2D eigenvalue weighted by molar-refractivity contribution is 0.660. The topological polar surface area (TPSA) is 3.24 Å². The zero-order chi connectivity index (χ0) is 42.5. The van der Waals surface area contributed by atoms with Gasteiger partial charge in [-0.25, -0.2) is 0 Å². The van der Waals surface area contributed by atoms with Gasteiger partial charge in [-0.2, -0.15) is 0 Å². The third kappa shape index (κ3) is 5.69. The highest BCUT2D eigenvalue weighted by molar-refractivity contribution is 6.11. The van der Waals surface area contributed by atoms with Gasteiger partial charge in [-0.05, 0) is 130 Å². The predicted octanol–water partition coefficient (Wildman–Crippen LogP) is 17.1. The fourth-order valence-electron chi connectivity index (χ4n) is 11.1. The molecule has 0 atom stereocenters. The van der Waals surface area contributed by atoms with Gasteiger partial charge >= 0.3 is 0 Å². The number of nitrogens with zero attached hydrogens (tertiary/aromatic N) is 1. The van der Waals surface area contributed by atoms with E-state index in [0.717, 1.165) is 11.4 Å². The van der Waals surface area contributed by atoms with E-state index in [2.05, 4.69) is 245 Å². The van der Waals surface area contributed by atoms with E-state index in [4.69, 9.17) is 0 Å². The van der Waals surface area contributed by atoms with Gasteiger partial charge in [0.1, 0.15) is 0 Å². The minimum atomic E-state index is -0.107. The molecular weight excluding hydrogens is 759 g/mol. The van der Waals surface area contributed by atoms with Crippen molar-refractivity contribution in [2.24, 2.45) is 0 Å². The summed E-state index contributed by atoms with van der Waals surface area (Å²) in [5, 5.41) is 5.03. The fraction of sp³-hybridized carbons (Fsp3) is 0.0968. The first-order valence-corrected chi connectivity index (χ1v) is 22.3. The first-order valence-electron chi connectivity index (χ1n) is 22.3. The molecule has 300 valence electrons. The van der Waals surface area contributed by atoms with Crippen LogP contribution in [-0.2, 0) is 10.8 Å². The molecular formula is C62H47N. The first-order chi connectivity index (χ1) is 30.8. The Kier molecular flexibility index (Phi) is 8.30. The van der Waals surface area contributed by atoms with Crippen molar-refractivity contribution in [2.75, 3.05) is 4.90 Å². The Morgan fingerprint density at radius 2 is 0.778 bits per heavy atom. The second-order valence-electron chi connectivity index (χ2n) is 18.5. The Hall–Kier alpha value is -7.48. The van der Waals surface area contributed by atoms with E-state index in [9.17, 15) is 0 Å². The molecule has 0 spiro atoms. The molecule has 2 aliphatic carbocycles. The minimum absolute atomic E-state index is 0.0173. The van der Waals surface area contributed by atoms with Crippen LogP contribution in [0.4, 0.5) is 17.1 Å². The Labute approximate surface area is 370 Å². The SMILES string of the molecule is CC1(C)c2ccccc2-c2cc(-c3ccc(N(c4ccc(-c5cccc6cccc(-c7ccccc7)c56)cc4)c4cccc5ccc6c(c45)-c4ccccc4C6(C)C)cc3)ccc21. The van der Waals surface area contributed by atoms with Crippen molar-refractivity contribution in [2.45, 2.75) is 38.5 Å². The highest BCUT2D eigenvalue weighted by Crippen LogP contribution is 2.54. The predicted molar refractivity (Wildman–Crippen MR) is 268 cm³/mol. The van der Waals surface area contributed by atoms with Crippen molar-refractivity contribution in [3.63, 3.8) is 0 Å². The first kappa shape index (κ1) is 37.3. The molecule has 12 rings (SSSR count). The van der Waals surface area contributed by atoms with E-state index in [1.807, 2.05) is 0 Å². The van der Waals surface area contributed by atoms with Crippen LogP contribution >= 0.6 is 0 Å². The molecule has 1 nitrogen and oxygen atoms in total. The van der Waals surface area contributed by atoms with Crippen LogP contribution in [-0.4, -0.2) is 0 Å². The van der Waals surface area contributed by atoms with E-state index >= 15 is 0 Å². The van der Waals surface area contributed by atoms with Crippen molar-refractivity contribution >= 4 is 38.6 Å². The van der Waals surface area contributed by atoms with E-state index in [1.165, 1.54) is 105 Å². The molecule has 0 fully saturated rings. The van der Waals surface area contributed by atoms with Gasteiger partial charge in [-0.1, -0.05) is 204 Å². The molecule has 0 radical (unpaired) electrons. The van der Waals surface area contributed by atoms with Crippen LogP contribution in [0.5, 0.6) is 0 Å². The highest BCUT2D eigenvalue weighted by atomic mass is 15.1. The average Bonchev–Trinajstić information content (AvgIpc) is 3.71. The zero-order valence-electron chi connectivity index (χ0n) is 36.2. The number of rotatable bonds is 6. The molecule has 0 aliphatic heterocycles. The van der Waals surface area contributed by atoms with Gasteiger partial charge in [0.2, 0.25) is 0 Å². The lowest BCUT2D eigenvalue weighted by Crippen LogP contribution is -2.15. The summed E-state index contributed by atoms with van der Waals surface area (Å²) in [5.74, 6) is 0. The minimum Gasteiger partial charge on any atom is -0.310 e. The Morgan fingerprint density at radius 1 is 0.302 bits per heavy atom. The summed E-state index contributed by atoms with van der Waals surface area (Å²) < 4.78 is 0. The quantitative estimate of drug-likeness (QED) is 0.162. The zero-order valence-corrected chi connectivity index (χ0v) is 36.2. The van der Waals surface area contributed by atoms with Crippen LogP contribution in [0.1, 0.15) is 49.9 Å². The van der Waals surface area contributed by atoms with E-state index in [1.54, 1.807) is 0 Å². The van der Waals surface area contributed by atoms with Gasteiger partial charge < -0.3 is 4.90 Å². The van der Waals surface area contributed by atoms with Gasteiger partial charge in [0.05, 0.1) is 5.69 Å². The highest BCUT2D eigenvalue weighted by Gasteiger charge is 2.38. The van der Waals surface area contributed by atoms with Crippen LogP contribution in [0.15, 0.2) is 212 Å². The van der Waals surface area contributed by atoms with E-state index < -0.39 is 0 Å². The maximum absolute atomic E-state index is 2.48. The lowest BCUT2D eigenvalue weighted by Gasteiger charge is -2.29. The monoisotopic (exact) mass is 805 g/mol. The molecule has 0 aromatic heterocycles. The Morgan fingerprint density at radius 3 is 1.46 bits per heavy atom. The van der Waals surface area contributed by atoms with Gasteiger partial charge in [0, 0.05) is 27.6 Å². The molecule has 1 heteroatoms. The van der Waals surface area contributed by atoms with Crippen molar-refractivity contribution in [1.29, 1.82) is 0 Å². The van der Waals surface area contributed by atoms with E-state index in [-0.39, 0.29) is 10.8 Å². The van der Waals surface area contributed by atoms with E-state index in [0.29, 0.717) is 0 Å². The maximum atomic E-state index is 2.48. The summed E-state index contributed by atoms with van der Waals surface area (Å²) in [6, 6.07) is 79.0. The molecule has 0 heterocycles. The molecule has 2 aliphatic rings. The van der Waals surface area contributed by atoms with Crippen molar-refractivity contribution in [1.82, 2.24) is 0 Å². The number of anilines is 3. The number of fused-ring (bicyclic) bond motifs is 9. The van der Waals surface area contributed by atoms with Crippen molar-refractivity contribution in [3.8, 4) is 55.6 Å². The van der Waals surface area contributed by atoms with Crippen molar-refractivity contribution in [3.05, 3.63) is 235 Å². The Balaban J connectivity index is 1.02. The van der Waals surface area contributed by atoms with Crippen LogP contribution in [0, 0.1) is 0 Å². The summed E-state index contributed by atoms with van der Waals surface area (Å²) in [4.78, 5) is 2.48. The summed E-state index contributed by atoms with van der Waals surface area (Å²) >= 11 is 0.